The third-order valence-electron chi connectivity index (χ3n) is 4.90. The van der Waals surface area contributed by atoms with Crippen molar-refractivity contribution in [3.8, 4) is 0 Å². The predicted molar refractivity (Wildman–Crippen MR) is 102 cm³/mol. The fourth-order valence-corrected chi connectivity index (χ4v) is 4.27. The number of carbonyl (C=O) groups is 3. The van der Waals surface area contributed by atoms with E-state index >= 15 is 0 Å². The van der Waals surface area contributed by atoms with Crippen molar-refractivity contribution in [3.05, 3.63) is 26.6 Å². The van der Waals surface area contributed by atoms with E-state index in [0.717, 1.165) is 42.8 Å². The molecule has 1 saturated carbocycles. The number of aryl methyl sites for hydroxylation is 2. The smallest absolute Gasteiger partial charge is 0.349 e. The van der Waals surface area contributed by atoms with Gasteiger partial charge in [0.1, 0.15) is 15.5 Å². The number of hydrogen-bond acceptors (Lipinski definition) is 7. The first-order chi connectivity index (χ1) is 13.3. The number of aromatic nitrogens is 2. The molecular weight excluding hydrogens is 384 g/mol. The van der Waals surface area contributed by atoms with Crippen molar-refractivity contribution in [2.45, 2.75) is 58.2 Å². The maximum atomic E-state index is 12.7. The van der Waals surface area contributed by atoms with Gasteiger partial charge in [0.05, 0.1) is 5.39 Å². The minimum Gasteiger partial charge on any atom is -0.448 e. The van der Waals surface area contributed by atoms with Crippen molar-refractivity contribution in [1.29, 1.82) is 0 Å². The molecule has 148 valence electrons. The number of imide groups is 1. The molecule has 3 amide bonds. The van der Waals surface area contributed by atoms with Gasteiger partial charge >= 0.3 is 12.0 Å². The van der Waals surface area contributed by atoms with Crippen molar-refractivity contribution in [2.75, 3.05) is 0 Å². The van der Waals surface area contributed by atoms with Crippen LogP contribution in [0.15, 0.2) is 4.79 Å². The van der Waals surface area contributed by atoms with Crippen LogP contribution in [-0.2, 0) is 22.5 Å². The van der Waals surface area contributed by atoms with E-state index in [0.29, 0.717) is 22.3 Å². The van der Waals surface area contributed by atoms with E-state index in [1.165, 1.54) is 6.92 Å². The van der Waals surface area contributed by atoms with Crippen LogP contribution in [0, 0.1) is 6.92 Å². The highest BCUT2D eigenvalue weighted by atomic mass is 32.1. The molecule has 9 nitrogen and oxygen atoms in total. The number of nitrogens with one attached hydrogen (secondary N) is 2. The zero-order valence-corrected chi connectivity index (χ0v) is 16.4. The number of esters is 1. The van der Waals surface area contributed by atoms with Crippen LogP contribution in [0.3, 0.4) is 0 Å². The molecule has 28 heavy (non-hydrogen) atoms. The number of rotatable bonds is 4. The quantitative estimate of drug-likeness (QED) is 0.740. The molecule has 0 bridgehead atoms. The van der Waals surface area contributed by atoms with E-state index < -0.39 is 24.0 Å². The maximum Gasteiger partial charge on any atom is 0.349 e. The van der Waals surface area contributed by atoms with Gasteiger partial charge in [0.25, 0.3) is 11.5 Å². The van der Waals surface area contributed by atoms with Crippen LogP contribution in [0.5, 0.6) is 0 Å². The standard InChI is InChI=1S/C18H20N4O5S/c1-8-12-15(20-11-4-3-7-22(11)16(12)24)28-13(8)17(25)27-9(2)14(23)21-18(26)19-10-5-6-10/h9-10H,3-7H2,1-2H3,(H2,19,21,23,26). The topological polar surface area (TPSA) is 119 Å². The van der Waals surface area contributed by atoms with E-state index in [9.17, 15) is 19.2 Å². The predicted octanol–water partition coefficient (Wildman–Crippen LogP) is 1.25. The molecule has 0 saturated heterocycles. The normalized spacial score (nSPS) is 16.5. The van der Waals surface area contributed by atoms with Crippen molar-refractivity contribution < 1.29 is 19.1 Å². The summed E-state index contributed by atoms with van der Waals surface area (Å²) in [6.45, 7) is 3.70. The van der Waals surface area contributed by atoms with Crippen LogP contribution in [0.1, 0.15) is 47.2 Å². The maximum absolute atomic E-state index is 12.7. The molecule has 1 unspecified atom stereocenters. The van der Waals surface area contributed by atoms with E-state index in [1.54, 1.807) is 11.5 Å². The molecule has 4 rings (SSSR count). The van der Waals surface area contributed by atoms with Crippen LogP contribution >= 0.6 is 11.3 Å². The lowest BCUT2D eigenvalue weighted by atomic mass is 10.2. The fraction of sp³-hybridized carbons (Fsp3) is 0.500. The Morgan fingerprint density at radius 1 is 1.32 bits per heavy atom. The van der Waals surface area contributed by atoms with Gasteiger partial charge in [-0.05, 0) is 38.7 Å². The van der Waals surface area contributed by atoms with Gasteiger partial charge in [0.15, 0.2) is 6.10 Å². The van der Waals surface area contributed by atoms with E-state index in [-0.39, 0.29) is 16.5 Å². The molecule has 1 fully saturated rings. The third-order valence-corrected chi connectivity index (χ3v) is 6.06. The van der Waals surface area contributed by atoms with Gasteiger partial charge in [-0.25, -0.2) is 14.6 Å². The minimum atomic E-state index is -1.15. The van der Waals surface area contributed by atoms with Gasteiger partial charge in [-0.1, -0.05) is 0 Å². The van der Waals surface area contributed by atoms with Gasteiger partial charge in [-0.15, -0.1) is 11.3 Å². The molecule has 2 N–H and O–H groups in total. The molecule has 2 aromatic heterocycles. The molecule has 1 aliphatic carbocycles. The minimum absolute atomic E-state index is 0.111. The SMILES string of the molecule is Cc1c(C(=O)OC(C)C(=O)NC(=O)NC2CC2)sc2nc3n(c(=O)c12)CCC3. The highest BCUT2D eigenvalue weighted by Gasteiger charge is 2.28. The van der Waals surface area contributed by atoms with Crippen LogP contribution in [-0.4, -0.2) is 39.6 Å². The van der Waals surface area contributed by atoms with E-state index in [1.807, 2.05) is 0 Å². The molecule has 1 aliphatic heterocycles. The number of hydrogen-bond donors (Lipinski definition) is 2. The molecule has 10 heteroatoms. The average molecular weight is 404 g/mol. The summed E-state index contributed by atoms with van der Waals surface area (Å²) in [4.78, 5) is 54.2. The molecule has 2 aromatic rings. The molecular formula is C18H20N4O5S. The molecule has 3 heterocycles. The lowest BCUT2D eigenvalue weighted by molar-refractivity contribution is -0.127. The van der Waals surface area contributed by atoms with Crippen LogP contribution in [0.25, 0.3) is 10.2 Å². The average Bonchev–Trinajstić information content (AvgIpc) is 3.20. The second-order valence-corrected chi connectivity index (χ2v) is 8.11. The highest BCUT2D eigenvalue weighted by Crippen LogP contribution is 2.29. The van der Waals surface area contributed by atoms with E-state index in [4.69, 9.17) is 4.74 Å². The fourth-order valence-electron chi connectivity index (χ4n) is 3.20. The number of thiophene rings is 1. The first-order valence-corrected chi connectivity index (χ1v) is 10.0. The number of urea groups is 1. The summed E-state index contributed by atoms with van der Waals surface area (Å²) in [6.07, 6.45) is 2.27. The Labute approximate surface area is 164 Å². The second kappa shape index (κ2) is 7.01. The van der Waals surface area contributed by atoms with Crippen LogP contribution in [0.4, 0.5) is 4.79 Å². The van der Waals surface area contributed by atoms with Crippen molar-refractivity contribution >= 4 is 39.5 Å². The molecule has 2 aliphatic rings. The molecule has 0 radical (unpaired) electrons. The summed E-state index contributed by atoms with van der Waals surface area (Å²) in [7, 11) is 0. The van der Waals surface area contributed by atoms with Crippen molar-refractivity contribution in [2.24, 2.45) is 0 Å². The van der Waals surface area contributed by atoms with Gasteiger partial charge in [0.2, 0.25) is 0 Å². The first-order valence-electron chi connectivity index (χ1n) is 9.20. The summed E-state index contributed by atoms with van der Waals surface area (Å²) < 4.78 is 6.86. The summed E-state index contributed by atoms with van der Waals surface area (Å²) >= 11 is 1.09. The number of carbonyl (C=O) groups excluding carboxylic acids is 3. The molecule has 0 aromatic carbocycles. The lowest BCUT2D eigenvalue weighted by Crippen LogP contribution is -2.45. The van der Waals surface area contributed by atoms with Gasteiger partial charge in [-0.2, -0.15) is 0 Å². The second-order valence-electron chi connectivity index (χ2n) is 7.11. The zero-order chi connectivity index (χ0) is 20.0. The van der Waals surface area contributed by atoms with Gasteiger partial charge in [-0.3, -0.25) is 19.5 Å². The number of ether oxygens (including phenoxy) is 1. The Morgan fingerprint density at radius 3 is 2.79 bits per heavy atom. The highest BCUT2D eigenvalue weighted by molar-refractivity contribution is 7.20. The number of fused-ring (bicyclic) bond motifs is 2. The van der Waals surface area contributed by atoms with Gasteiger partial charge < -0.3 is 10.1 Å². The summed E-state index contributed by atoms with van der Waals surface area (Å²) in [5.41, 5.74) is 0.358. The Morgan fingerprint density at radius 2 is 2.07 bits per heavy atom. The zero-order valence-electron chi connectivity index (χ0n) is 15.5. The third kappa shape index (κ3) is 3.39. The Balaban J connectivity index is 1.50. The lowest BCUT2D eigenvalue weighted by Gasteiger charge is -2.13. The van der Waals surface area contributed by atoms with Crippen LogP contribution < -0.4 is 16.2 Å². The number of nitrogens with zero attached hydrogens (tertiary/aromatic N) is 2. The molecule has 0 spiro atoms. The van der Waals surface area contributed by atoms with Crippen LogP contribution in [0.2, 0.25) is 0 Å². The van der Waals surface area contributed by atoms with Gasteiger partial charge in [0, 0.05) is 19.0 Å². The summed E-state index contributed by atoms with van der Waals surface area (Å²) in [6, 6.07) is -0.486. The van der Waals surface area contributed by atoms with E-state index in [2.05, 4.69) is 15.6 Å². The Hall–Kier alpha value is -2.75. The summed E-state index contributed by atoms with van der Waals surface area (Å²) in [5.74, 6) is -0.689. The Kier molecular flexibility index (Phi) is 4.66. The monoisotopic (exact) mass is 404 g/mol. The number of amides is 3. The Bertz CT molecular complexity index is 1050. The van der Waals surface area contributed by atoms with Crippen molar-refractivity contribution in [1.82, 2.24) is 20.2 Å². The van der Waals surface area contributed by atoms with Crippen molar-refractivity contribution in [3.63, 3.8) is 0 Å². The summed E-state index contributed by atoms with van der Waals surface area (Å²) in [5, 5.41) is 5.20. The first kappa shape index (κ1) is 18.6. The largest absolute Gasteiger partial charge is 0.448 e. The molecule has 1 atom stereocenters.